The van der Waals surface area contributed by atoms with E-state index in [1.807, 2.05) is 54.3 Å². The number of rotatable bonds is 7. The number of carbonyl (C=O) groups is 2. The second-order valence-electron chi connectivity index (χ2n) is 6.90. The van der Waals surface area contributed by atoms with Crippen LogP contribution in [0.2, 0.25) is 0 Å². The highest BCUT2D eigenvalue weighted by atomic mass is 16.5. The fourth-order valence-corrected chi connectivity index (χ4v) is 3.41. The van der Waals surface area contributed by atoms with E-state index in [9.17, 15) is 9.59 Å². The molecule has 0 saturated carbocycles. The number of carbonyl (C=O) groups excluding carboxylic acids is 2. The molecule has 27 heavy (non-hydrogen) atoms. The molecular weight excluding hydrogens is 340 g/mol. The topological polar surface area (TPSA) is 58.6 Å². The Bertz CT molecular complexity index is 815. The number of benzene rings is 2. The quantitative estimate of drug-likeness (QED) is 0.803. The summed E-state index contributed by atoms with van der Waals surface area (Å²) in [7, 11) is 1.65. The van der Waals surface area contributed by atoms with Crippen molar-refractivity contribution in [1.82, 2.24) is 0 Å². The molecule has 1 N–H and O–H groups in total. The third-order valence-corrected chi connectivity index (χ3v) is 4.87. The van der Waals surface area contributed by atoms with Crippen LogP contribution in [-0.2, 0) is 16.0 Å². The number of amides is 2. The zero-order chi connectivity index (χ0) is 19.2. The van der Waals surface area contributed by atoms with Crippen LogP contribution in [0.3, 0.4) is 0 Å². The lowest BCUT2D eigenvalue weighted by molar-refractivity contribution is -0.117. The summed E-state index contributed by atoms with van der Waals surface area (Å²) >= 11 is 0. The Hall–Kier alpha value is -2.82. The summed E-state index contributed by atoms with van der Waals surface area (Å²) < 4.78 is 5.15. The molecule has 2 aromatic rings. The second kappa shape index (κ2) is 8.71. The molecule has 0 aliphatic carbocycles. The average Bonchev–Trinajstić information content (AvgIpc) is 3.08. The summed E-state index contributed by atoms with van der Waals surface area (Å²) in [6.07, 6.45) is 3.64. The number of hydrogen-bond donors (Lipinski definition) is 1. The number of nitrogens with zero attached hydrogens (tertiary/aromatic N) is 1. The standard InChI is InChI=1S/C22H26N2O3/c1-16-15-18(10-13-20(16)24-14-4-7-22(24)26)23-21(25)6-3-5-17-8-11-19(27-2)12-9-17/h8-13,15H,3-7,14H2,1-2H3,(H,23,25). The SMILES string of the molecule is COc1ccc(CCCC(=O)Nc2ccc(N3CCCC3=O)c(C)c2)cc1. The van der Waals surface area contributed by atoms with Gasteiger partial charge < -0.3 is 15.0 Å². The molecule has 142 valence electrons. The molecule has 1 saturated heterocycles. The molecule has 1 fully saturated rings. The minimum Gasteiger partial charge on any atom is -0.497 e. The fraction of sp³-hybridized carbons (Fsp3) is 0.364. The summed E-state index contributed by atoms with van der Waals surface area (Å²) in [5.41, 5.74) is 3.91. The molecule has 1 aliphatic rings. The van der Waals surface area contributed by atoms with E-state index in [0.29, 0.717) is 12.8 Å². The Morgan fingerprint density at radius 3 is 2.59 bits per heavy atom. The van der Waals surface area contributed by atoms with Crippen molar-refractivity contribution >= 4 is 23.2 Å². The minimum atomic E-state index is 0.00732. The third-order valence-electron chi connectivity index (χ3n) is 4.87. The van der Waals surface area contributed by atoms with Gasteiger partial charge in [-0.05, 0) is 67.6 Å². The molecule has 5 heteroatoms. The lowest BCUT2D eigenvalue weighted by Gasteiger charge is -2.19. The van der Waals surface area contributed by atoms with Gasteiger partial charge >= 0.3 is 0 Å². The first-order valence-electron chi connectivity index (χ1n) is 9.40. The molecule has 5 nitrogen and oxygen atoms in total. The number of hydrogen-bond acceptors (Lipinski definition) is 3. The zero-order valence-corrected chi connectivity index (χ0v) is 16.0. The third kappa shape index (κ3) is 4.88. The van der Waals surface area contributed by atoms with Gasteiger partial charge in [-0.3, -0.25) is 9.59 Å². The van der Waals surface area contributed by atoms with Gasteiger partial charge in [0.1, 0.15) is 5.75 Å². The molecular formula is C22H26N2O3. The van der Waals surface area contributed by atoms with E-state index < -0.39 is 0 Å². The maximum atomic E-state index is 12.2. The maximum absolute atomic E-state index is 12.2. The van der Waals surface area contributed by atoms with E-state index in [-0.39, 0.29) is 11.8 Å². The van der Waals surface area contributed by atoms with Crippen molar-refractivity contribution in [2.24, 2.45) is 0 Å². The normalized spacial score (nSPS) is 13.7. The second-order valence-corrected chi connectivity index (χ2v) is 6.90. The van der Waals surface area contributed by atoms with Crippen molar-refractivity contribution in [3.63, 3.8) is 0 Å². The van der Waals surface area contributed by atoms with Crippen LogP contribution in [0.5, 0.6) is 5.75 Å². The van der Waals surface area contributed by atoms with E-state index in [4.69, 9.17) is 4.74 Å². The van der Waals surface area contributed by atoms with Gasteiger partial charge in [-0.25, -0.2) is 0 Å². The van der Waals surface area contributed by atoms with E-state index in [1.54, 1.807) is 7.11 Å². The average molecular weight is 366 g/mol. The van der Waals surface area contributed by atoms with Crippen LogP contribution in [0.25, 0.3) is 0 Å². The monoisotopic (exact) mass is 366 g/mol. The van der Waals surface area contributed by atoms with Crippen LogP contribution in [-0.4, -0.2) is 25.5 Å². The van der Waals surface area contributed by atoms with Gasteiger partial charge in [0.05, 0.1) is 7.11 Å². The van der Waals surface area contributed by atoms with Crippen molar-refractivity contribution in [2.75, 3.05) is 23.9 Å². The van der Waals surface area contributed by atoms with Crippen LogP contribution in [0.15, 0.2) is 42.5 Å². The first-order chi connectivity index (χ1) is 13.1. The van der Waals surface area contributed by atoms with Crippen molar-refractivity contribution in [1.29, 1.82) is 0 Å². The van der Waals surface area contributed by atoms with Gasteiger partial charge in [0.25, 0.3) is 0 Å². The fourth-order valence-electron chi connectivity index (χ4n) is 3.41. The lowest BCUT2D eigenvalue weighted by Crippen LogP contribution is -2.24. The molecule has 0 spiro atoms. The Kier molecular flexibility index (Phi) is 6.12. The predicted octanol–water partition coefficient (Wildman–Crippen LogP) is 4.09. The molecule has 0 radical (unpaired) electrons. The highest BCUT2D eigenvalue weighted by Gasteiger charge is 2.22. The highest BCUT2D eigenvalue weighted by molar-refractivity contribution is 5.97. The summed E-state index contributed by atoms with van der Waals surface area (Å²) in [4.78, 5) is 26.0. The van der Waals surface area contributed by atoms with Gasteiger partial charge in [0.15, 0.2) is 0 Å². The smallest absolute Gasteiger partial charge is 0.227 e. The molecule has 1 heterocycles. The summed E-state index contributed by atoms with van der Waals surface area (Å²) in [6.45, 7) is 2.75. The Morgan fingerprint density at radius 2 is 1.96 bits per heavy atom. The molecule has 0 bridgehead atoms. The van der Waals surface area contributed by atoms with Gasteiger partial charge in [0, 0.05) is 30.8 Å². The Balaban J connectivity index is 1.50. The highest BCUT2D eigenvalue weighted by Crippen LogP contribution is 2.27. The lowest BCUT2D eigenvalue weighted by atomic mass is 10.1. The van der Waals surface area contributed by atoms with Crippen molar-refractivity contribution in [3.8, 4) is 5.75 Å². The molecule has 2 aromatic carbocycles. The number of aryl methyl sites for hydroxylation is 2. The van der Waals surface area contributed by atoms with Crippen LogP contribution < -0.4 is 15.0 Å². The molecule has 3 rings (SSSR count). The molecule has 0 unspecified atom stereocenters. The van der Waals surface area contributed by atoms with Gasteiger partial charge in [-0.1, -0.05) is 12.1 Å². The van der Waals surface area contributed by atoms with E-state index in [1.165, 1.54) is 5.56 Å². The van der Waals surface area contributed by atoms with E-state index in [2.05, 4.69) is 5.32 Å². The number of anilines is 2. The molecule has 1 aliphatic heterocycles. The maximum Gasteiger partial charge on any atom is 0.227 e. The summed E-state index contributed by atoms with van der Waals surface area (Å²) in [6, 6.07) is 13.6. The van der Waals surface area contributed by atoms with E-state index >= 15 is 0 Å². The van der Waals surface area contributed by atoms with Crippen molar-refractivity contribution in [2.45, 2.75) is 39.0 Å². The molecule has 2 amide bonds. The summed E-state index contributed by atoms with van der Waals surface area (Å²) in [5.74, 6) is 1.02. The zero-order valence-electron chi connectivity index (χ0n) is 16.0. The summed E-state index contributed by atoms with van der Waals surface area (Å²) in [5, 5.41) is 2.95. The number of methoxy groups -OCH3 is 1. The first kappa shape index (κ1) is 19.0. The van der Waals surface area contributed by atoms with Crippen LogP contribution in [0, 0.1) is 6.92 Å². The van der Waals surface area contributed by atoms with Crippen LogP contribution in [0.1, 0.15) is 36.8 Å². The van der Waals surface area contributed by atoms with Crippen molar-refractivity contribution < 1.29 is 14.3 Å². The van der Waals surface area contributed by atoms with Gasteiger partial charge in [-0.2, -0.15) is 0 Å². The number of nitrogens with one attached hydrogen (secondary N) is 1. The number of ether oxygens (including phenoxy) is 1. The molecule has 0 atom stereocenters. The van der Waals surface area contributed by atoms with Crippen molar-refractivity contribution in [3.05, 3.63) is 53.6 Å². The van der Waals surface area contributed by atoms with Crippen LogP contribution >= 0.6 is 0 Å². The molecule has 0 aromatic heterocycles. The van der Waals surface area contributed by atoms with Gasteiger partial charge in [-0.15, -0.1) is 0 Å². The largest absolute Gasteiger partial charge is 0.497 e. The van der Waals surface area contributed by atoms with Crippen LogP contribution in [0.4, 0.5) is 11.4 Å². The Morgan fingerprint density at radius 1 is 1.19 bits per heavy atom. The Labute approximate surface area is 160 Å². The first-order valence-corrected chi connectivity index (χ1v) is 9.40. The van der Waals surface area contributed by atoms with E-state index in [0.717, 1.165) is 48.5 Å². The van der Waals surface area contributed by atoms with Gasteiger partial charge in [0.2, 0.25) is 11.8 Å². The predicted molar refractivity (Wildman–Crippen MR) is 107 cm³/mol. The minimum absolute atomic E-state index is 0.00732.